The van der Waals surface area contributed by atoms with Gasteiger partial charge in [0, 0.05) is 13.1 Å². The minimum atomic E-state index is 0.604. The molecule has 0 unspecified atom stereocenters. The van der Waals surface area contributed by atoms with Crippen LogP contribution in [0.3, 0.4) is 0 Å². The van der Waals surface area contributed by atoms with Crippen LogP contribution < -0.4 is 11.1 Å². The van der Waals surface area contributed by atoms with Crippen molar-refractivity contribution < 1.29 is 0 Å². The lowest BCUT2D eigenvalue weighted by molar-refractivity contribution is 0.786. The number of allylic oxidation sites excluding steroid dienone is 1. The predicted octanol–water partition coefficient (Wildman–Crippen LogP) is 0.747. The van der Waals surface area contributed by atoms with Crippen LogP contribution in [0.15, 0.2) is 11.6 Å². The Kier molecular flexibility index (Phi) is 5.26. The summed E-state index contributed by atoms with van der Waals surface area (Å²) in [6, 6.07) is 0. The summed E-state index contributed by atoms with van der Waals surface area (Å²) in [5.41, 5.74) is 6.79. The van der Waals surface area contributed by atoms with Gasteiger partial charge >= 0.3 is 0 Å². The second-order valence-electron chi connectivity index (χ2n) is 2.80. The Morgan fingerprint density at radius 3 is 2.50 bits per heavy atom. The Morgan fingerprint density at radius 1 is 1.60 bits per heavy atom. The zero-order valence-electron chi connectivity index (χ0n) is 7.15. The number of nitrogens with one attached hydrogen (secondary N) is 1. The van der Waals surface area contributed by atoms with Crippen molar-refractivity contribution in [2.45, 2.75) is 13.8 Å². The van der Waals surface area contributed by atoms with E-state index < -0.39 is 0 Å². The van der Waals surface area contributed by atoms with Gasteiger partial charge in [-0.1, -0.05) is 19.9 Å². The minimum absolute atomic E-state index is 0.604. The molecule has 0 amide bonds. The Hall–Kier alpha value is -0.340. The average Bonchev–Trinajstić information content (AvgIpc) is 1.86. The Bertz CT molecular complexity index is 106. The Morgan fingerprint density at radius 2 is 2.20 bits per heavy atom. The fourth-order valence-corrected chi connectivity index (χ4v) is 0.898. The van der Waals surface area contributed by atoms with Crippen LogP contribution in [0.5, 0.6) is 0 Å². The molecule has 0 heterocycles. The molecule has 10 heavy (non-hydrogen) atoms. The monoisotopic (exact) mass is 142 g/mol. The minimum Gasteiger partial charge on any atom is -0.327 e. The largest absolute Gasteiger partial charge is 0.327 e. The van der Waals surface area contributed by atoms with Crippen LogP contribution in [0.1, 0.15) is 13.8 Å². The number of hydrogen-bond acceptors (Lipinski definition) is 2. The molecule has 0 spiro atoms. The summed E-state index contributed by atoms with van der Waals surface area (Å²) in [6.45, 7) is 5.89. The molecule has 0 atom stereocenters. The van der Waals surface area contributed by atoms with E-state index in [9.17, 15) is 0 Å². The summed E-state index contributed by atoms with van der Waals surface area (Å²) in [5.74, 6) is 0.604. The lowest BCUT2D eigenvalue weighted by Gasteiger charge is -2.04. The molecule has 0 aromatic carbocycles. The zero-order valence-corrected chi connectivity index (χ0v) is 7.15. The van der Waals surface area contributed by atoms with E-state index in [4.69, 9.17) is 5.73 Å². The van der Waals surface area contributed by atoms with Crippen molar-refractivity contribution in [3.63, 3.8) is 0 Å². The SMILES string of the molecule is CNC/C(=C\C(C)C)CN. The van der Waals surface area contributed by atoms with Gasteiger partial charge in [-0.3, -0.25) is 0 Å². The van der Waals surface area contributed by atoms with Gasteiger partial charge in [0.15, 0.2) is 0 Å². The second-order valence-corrected chi connectivity index (χ2v) is 2.80. The normalized spacial score (nSPS) is 12.7. The van der Waals surface area contributed by atoms with Crippen LogP contribution in [-0.4, -0.2) is 20.1 Å². The molecule has 0 bridgehead atoms. The maximum atomic E-state index is 5.50. The van der Waals surface area contributed by atoms with Crippen LogP contribution >= 0.6 is 0 Å². The lowest BCUT2D eigenvalue weighted by Crippen LogP contribution is -2.17. The first kappa shape index (κ1) is 9.66. The molecule has 0 aliphatic rings. The van der Waals surface area contributed by atoms with Crippen LogP contribution in [0.4, 0.5) is 0 Å². The fraction of sp³-hybridized carbons (Fsp3) is 0.750. The molecular formula is C8H18N2. The average molecular weight is 142 g/mol. The van der Waals surface area contributed by atoms with Gasteiger partial charge < -0.3 is 11.1 Å². The molecule has 0 aromatic rings. The van der Waals surface area contributed by atoms with E-state index >= 15 is 0 Å². The zero-order chi connectivity index (χ0) is 7.98. The molecule has 0 fully saturated rings. The summed E-state index contributed by atoms with van der Waals surface area (Å²) in [5, 5.41) is 3.08. The summed E-state index contributed by atoms with van der Waals surface area (Å²) >= 11 is 0. The van der Waals surface area contributed by atoms with Gasteiger partial charge in [-0.15, -0.1) is 0 Å². The molecular weight excluding hydrogens is 124 g/mol. The Labute approximate surface area is 63.5 Å². The van der Waals surface area contributed by atoms with Crippen LogP contribution in [-0.2, 0) is 0 Å². The van der Waals surface area contributed by atoms with Crippen LogP contribution in [0.25, 0.3) is 0 Å². The van der Waals surface area contributed by atoms with E-state index in [1.165, 1.54) is 5.57 Å². The van der Waals surface area contributed by atoms with Gasteiger partial charge in [-0.25, -0.2) is 0 Å². The first-order valence-corrected chi connectivity index (χ1v) is 3.75. The molecule has 0 aliphatic carbocycles. The van der Waals surface area contributed by atoms with Gasteiger partial charge in [0.2, 0.25) is 0 Å². The van der Waals surface area contributed by atoms with Crippen molar-refractivity contribution in [3.8, 4) is 0 Å². The third-order valence-electron chi connectivity index (χ3n) is 1.24. The summed E-state index contributed by atoms with van der Waals surface area (Å²) in [7, 11) is 1.93. The van der Waals surface area contributed by atoms with Crippen molar-refractivity contribution >= 4 is 0 Å². The topological polar surface area (TPSA) is 38.0 Å². The highest BCUT2D eigenvalue weighted by Crippen LogP contribution is 1.99. The van der Waals surface area contributed by atoms with Gasteiger partial charge in [-0.2, -0.15) is 0 Å². The van der Waals surface area contributed by atoms with Crippen LogP contribution in [0, 0.1) is 5.92 Å². The molecule has 0 aromatic heterocycles. The first-order chi connectivity index (χ1) is 4.70. The van der Waals surface area contributed by atoms with Crippen molar-refractivity contribution in [3.05, 3.63) is 11.6 Å². The van der Waals surface area contributed by atoms with Crippen molar-refractivity contribution in [1.29, 1.82) is 0 Å². The van der Waals surface area contributed by atoms with E-state index in [1.54, 1.807) is 0 Å². The van der Waals surface area contributed by atoms with E-state index in [0.29, 0.717) is 12.5 Å². The van der Waals surface area contributed by atoms with Gasteiger partial charge in [0.1, 0.15) is 0 Å². The molecule has 0 aliphatic heterocycles. The predicted molar refractivity (Wildman–Crippen MR) is 45.9 cm³/mol. The maximum absolute atomic E-state index is 5.50. The third kappa shape index (κ3) is 4.53. The van der Waals surface area contributed by atoms with Crippen molar-refractivity contribution in [1.82, 2.24) is 5.32 Å². The molecule has 0 radical (unpaired) electrons. The quantitative estimate of drug-likeness (QED) is 0.568. The summed E-state index contributed by atoms with van der Waals surface area (Å²) in [4.78, 5) is 0. The molecule has 2 nitrogen and oxygen atoms in total. The maximum Gasteiger partial charge on any atom is 0.0174 e. The van der Waals surface area contributed by atoms with Crippen molar-refractivity contribution in [2.24, 2.45) is 11.7 Å². The second kappa shape index (κ2) is 5.45. The molecule has 0 saturated heterocycles. The Balaban J connectivity index is 3.78. The fourth-order valence-electron chi connectivity index (χ4n) is 0.898. The van der Waals surface area contributed by atoms with Gasteiger partial charge in [-0.05, 0) is 18.5 Å². The van der Waals surface area contributed by atoms with Crippen LogP contribution in [0.2, 0.25) is 0 Å². The molecule has 3 N–H and O–H groups in total. The number of rotatable bonds is 4. The highest BCUT2D eigenvalue weighted by molar-refractivity contribution is 5.06. The van der Waals surface area contributed by atoms with Crippen molar-refractivity contribution in [2.75, 3.05) is 20.1 Å². The highest BCUT2D eigenvalue weighted by Gasteiger charge is 1.93. The van der Waals surface area contributed by atoms with Gasteiger partial charge in [0.25, 0.3) is 0 Å². The van der Waals surface area contributed by atoms with E-state index in [0.717, 1.165) is 6.54 Å². The van der Waals surface area contributed by atoms with E-state index in [1.807, 2.05) is 7.05 Å². The molecule has 0 saturated carbocycles. The molecule has 2 heteroatoms. The molecule has 0 rings (SSSR count). The van der Waals surface area contributed by atoms with E-state index in [2.05, 4.69) is 25.2 Å². The molecule has 60 valence electrons. The lowest BCUT2D eigenvalue weighted by atomic mass is 10.1. The standard InChI is InChI=1S/C8H18N2/c1-7(2)4-8(5-9)6-10-3/h4,7,10H,5-6,9H2,1-3H3/b8-4-. The smallest absolute Gasteiger partial charge is 0.0174 e. The summed E-state index contributed by atoms with van der Waals surface area (Å²) < 4.78 is 0. The van der Waals surface area contributed by atoms with E-state index in [-0.39, 0.29) is 0 Å². The first-order valence-electron chi connectivity index (χ1n) is 3.75. The number of likely N-dealkylation sites (N-methyl/N-ethyl adjacent to an activating group) is 1. The van der Waals surface area contributed by atoms with Gasteiger partial charge in [0.05, 0.1) is 0 Å². The number of nitrogens with two attached hydrogens (primary N) is 1. The third-order valence-corrected chi connectivity index (χ3v) is 1.24. The number of hydrogen-bond donors (Lipinski definition) is 2. The highest BCUT2D eigenvalue weighted by atomic mass is 14.8. The summed E-state index contributed by atoms with van der Waals surface area (Å²) in [6.07, 6.45) is 2.20.